The largest absolute Gasteiger partial charge is 0.465 e. The van der Waals surface area contributed by atoms with Gasteiger partial charge in [0.25, 0.3) is 0 Å². The number of pyridine rings is 6. The van der Waals surface area contributed by atoms with Gasteiger partial charge < -0.3 is 14.2 Å². The van der Waals surface area contributed by atoms with Crippen LogP contribution in [0, 0.1) is 5.41 Å². The lowest BCUT2D eigenvalue weighted by Gasteiger charge is -2.31. The van der Waals surface area contributed by atoms with Crippen LogP contribution in [-0.2, 0) is 28.6 Å². The Morgan fingerprint density at radius 3 is 0.648 bits per heavy atom. The van der Waals surface area contributed by atoms with E-state index < -0.39 is 39.1 Å². The zero-order chi connectivity index (χ0) is 72.6. The summed E-state index contributed by atoms with van der Waals surface area (Å²) < 4.78 is 18.3. The summed E-state index contributed by atoms with van der Waals surface area (Å²) in [5.41, 5.74) is 14.1. The Kier molecular flexibility index (Phi) is 25.7. The van der Waals surface area contributed by atoms with E-state index in [1.165, 1.54) is 35.3 Å². The van der Waals surface area contributed by atoms with Crippen LogP contribution in [-0.4, -0.2) is 102 Å². The maximum absolute atomic E-state index is 14.6. The molecule has 0 saturated heterocycles. The molecule has 0 radical (unpaired) electrons. The molecule has 3 unspecified atom stereocenters. The normalized spacial score (nSPS) is 12.5. The van der Waals surface area contributed by atoms with E-state index in [-0.39, 0.29) is 80.1 Å². The number of carbonyl (C=O) groups excluding carboxylic acids is 6. The quantitative estimate of drug-likeness (QED) is 0.0209. The molecule has 524 valence electrons. The Bertz CT molecular complexity index is 4340. The van der Waals surface area contributed by atoms with E-state index >= 15 is 0 Å². The minimum atomic E-state index is -1.21. The maximum Gasteiger partial charge on any atom is 0.306 e. The predicted octanol–water partition coefficient (Wildman–Crippen LogP) is 18.6. The van der Waals surface area contributed by atoms with Crippen LogP contribution in [0.3, 0.4) is 0 Å². The van der Waals surface area contributed by atoms with Gasteiger partial charge in [0, 0.05) is 108 Å². The highest BCUT2D eigenvalue weighted by Crippen LogP contribution is 2.39. The summed E-state index contributed by atoms with van der Waals surface area (Å²) in [5.74, 6) is -1.48. The van der Waals surface area contributed by atoms with Crippen LogP contribution >= 0.6 is 35.3 Å². The van der Waals surface area contributed by atoms with Crippen molar-refractivity contribution in [3.63, 3.8) is 0 Å². The highest BCUT2D eigenvalue weighted by Gasteiger charge is 2.35. The van der Waals surface area contributed by atoms with Crippen LogP contribution < -0.4 is 0 Å². The van der Waals surface area contributed by atoms with Gasteiger partial charge in [-0.15, -0.1) is 35.3 Å². The van der Waals surface area contributed by atoms with Gasteiger partial charge in [-0.3, -0.25) is 58.7 Å². The van der Waals surface area contributed by atoms with E-state index in [0.29, 0.717) is 16.7 Å². The minimum Gasteiger partial charge on any atom is -0.465 e. The smallest absolute Gasteiger partial charge is 0.306 e. The molecule has 6 aromatic heterocycles. The second kappa shape index (κ2) is 36.7. The Labute approximate surface area is 623 Å². The van der Waals surface area contributed by atoms with Gasteiger partial charge in [0.15, 0.2) is 17.3 Å². The third-order valence-electron chi connectivity index (χ3n) is 18.1. The number of thioether (sulfide) groups is 3. The van der Waals surface area contributed by atoms with Gasteiger partial charge in [0.1, 0.15) is 19.8 Å². The molecule has 3 atom stereocenters. The summed E-state index contributed by atoms with van der Waals surface area (Å²) in [4.78, 5) is 111. The standard InChI is InChI=1S/C87H74N6O9S3/c1-2-87(57-100-78(94)39-54-103-84(75-21-9-63(10-22-75)69-33-48-91-49-34-69)81(97)72-15-3-60(4-16-72)66-27-42-88-43-28-66,58-101-79(95)40-55-104-85(76-23-11-64(12-24-76)70-35-50-92-51-36-70)82(98)73-17-5-61(6-18-73)67-29-44-89-45-30-67)59-102-80(96)41-56-105-86(77-25-13-65(14-26-77)71-37-52-93-53-38-71)83(99)74-19-7-62(8-20-74)68-31-46-90-47-32-68/h3-38,42-53,84-86H,2,39-41,54-59H2,1H3. The van der Waals surface area contributed by atoms with Crippen molar-refractivity contribution >= 4 is 70.5 Å². The molecule has 0 aliphatic rings. The second-order valence-corrected chi connectivity index (χ2v) is 28.6. The maximum atomic E-state index is 14.6. The predicted molar refractivity (Wildman–Crippen MR) is 416 cm³/mol. The van der Waals surface area contributed by atoms with E-state index in [1.54, 1.807) is 74.4 Å². The molecule has 0 fully saturated rings. The van der Waals surface area contributed by atoms with E-state index in [1.807, 2.05) is 225 Å². The van der Waals surface area contributed by atoms with Gasteiger partial charge in [-0.2, -0.15) is 0 Å². The first kappa shape index (κ1) is 73.4. The Hall–Kier alpha value is -11.3. The molecular weight excluding hydrogens is 1370 g/mol. The molecule has 18 heteroatoms. The number of hydrogen-bond donors (Lipinski definition) is 0. The summed E-state index contributed by atoms with van der Waals surface area (Å²) in [6, 6.07) is 68.7. The number of Topliss-reactive ketones (excluding diaryl/α,β-unsaturated/α-hetero) is 3. The van der Waals surface area contributed by atoms with Crippen molar-refractivity contribution < 1.29 is 43.0 Å². The topological polar surface area (TPSA) is 207 Å². The average Bonchev–Trinajstić information content (AvgIpc) is 0.829. The molecule has 0 spiro atoms. The number of hydrogen-bond acceptors (Lipinski definition) is 18. The lowest BCUT2D eigenvalue weighted by atomic mass is 9.88. The van der Waals surface area contributed by atoms with Crippen molar-refractivity contribution in [3.8, 4) is 66.8 Å². The summed E-state index contributed by atoms with van der Waals surface area (Å²) in [6.07, 6.45) is 20.7. The first-order valence-corrected chi connectivity index (χ1v) is 37.6. The molecule has 0 bridgehead atoms. The summed E-state index contributed by atoms with van der Waals surface area (Å²) >= 11 is 3.99. The first-order chi connectivity index (χ1) is 51.5. The van der Waals surface area contributed by atoms with Crippen molar-refractivity contribution in [1.82, 2.24) is 29.9 Å². The van der Waals surface area contributed by atoms with Crippen LogP contribution in [0.15, 0.2) is 293 Å². The van der Waals surface area contributed by atoms with Crippen LogP contribution in [0.1, 0.15) is 96.1 Å². The van der Waals surface area contributed by atoms with Crippen molar-refractivity contribution in [2.45, 2.75) is 48.4 Å². The van der Waals surface area contributed by atoms with Gasteiger partial charge in [-0.25, -0.2) is 0 Å². The fourth-order valence-electron chi connectivity index (χ4n) is 11.9. The van der Waals surface area contributed by atoms with Crippen molar-refractivity contribution in [2.75, 3.05) is 37.1 Å². The second-order valence-electron chi connectivity index (χ2n) is 24.9. The molecular formula is C87H74N6O9S3. The van der Waals surface area contributed by atoms with E-state index in [9.17, 15) is 28.8 Å². The molecule has 6 aromatic carbocycles. The molecule has 0 aliphatic heterocycles. The average molecular weight is 1440 g/mol. The molecule has 6 heterocycles. The SMILES string of the molecule is CCC(COC(=O)CCSC(C(=O)c1ccc(-c2ccncc2)cc1)c1ccc(-c2ccncc2)cc1)(COC(=O)CCSC(C(=O)c1ccc(-c2ccncc2)cc1)c1ccc(-c2ccncc2)cc1)COC(=O)CCSC(C(=O)c1ccc(-c2ccncc2)cc1)c1ccc(-c2ccncc2)cc1. The Balaban J connectivity index is 0.738. The number of rotatable bonds is 34. The van der Waals surface area contributed by atoms with Crippen LogP contribution in [0.25, 0.3) is 66.8 Å². The number of carbonyl (C=O) groups is 6. The fraction of sp³-hybridized carbons (Fsp3) is 0.172. The summed E-state index contributed by atoms with van der Waals surface area (Å²) in [5, 5.41) is -2.06. The van der Waals surface area contributed by atoms with Gasteiger partial charge in [-0.05, 0) is 163 Å². The van der Waals surface area contributed by atoms with Crippen molar-refractivity contribution in [1.29, 1.82) is 0 Å². The summed E-state index contributed by atoms with van der Waals surface area (Å²) in [7, 11) is 0. The molecule has 105 heavy (non-hydrogen) atoms. The summed E-state index contributed by atoms with van der Waals surface area (Å²) in [6.45, 7) is 1.00. The molecule has 0 N–H and O–H groups in total. The number of aromatic nitrogens is 6. The fourth-order valence-corrected chi connectivity index (χ4v) is 15.3. The van der Waals surface area contributed by atoms with E-state index in [2.05, 4.69) is 29.9 Å². The zero-order valence-corrected chi connectivity index (χ0v) is 60.0. The van der Waals surface area contributed by atoms with Crippen LogP contribution in [0.2, 0.25) is 0 Å². The van der Waals surface area contributed by atoms with Crippen molar-refractivity contribution in [2.24, 2.45) is 5.41 Å². The number of benzene rings is 6. The molecule has 12 rings (SSSR count). The molecule has 12 aromatic rings. The third-order valence-corrected chi connectivity index (χ3v) is 21.9. The third kappa shape index (κ3) is 19.9. The Morgan fingerprint density at radius 2 is 0.457 bits per heavy atom. The van der Waals surface area contributed by atoms with Gasteiger partial charge in [0.05, 0.1) is 40.4 Å². The van der Waals surface area contributed by atoms with Crippen LogP contribution in [0.4, 0.5) is 0 Å². The minimum absolute atomic E-state index is 0.0825. The molecule has 0 aliphatic carbocycles. The highest BCUT2D eigenvalue weighted by molar-refractivity contribution is 8.00. The monoisotopic (exact) mass is 1440 g/mol. The molecule has 15 nitrogen and oxygen atoms in total. The van der Waals surface area contributed by atoms with Crippen LogP contribution in [0.5, 0.6) is 0 Å². The van der Waals surface area contributed by atoms with Crippen molar-refractivity contribution in [3.05, 3.63) is 326 Å². The number of ether oxygens (including phenoxy) is 3. The first-order valence-electron chi connectivity index (χ1n) is 34.4. The lowest BCUT2D eigenvalue weighted by molar-refractivity contribution is -0.161. The molecule has 0 amide bonds. The number of ketones is 3. The number of nitrogens with zero attached hydrogens (tertiary/aromatic N) is 6. The van der Waals surface area contributed by atoms with Gasteiger partial charge >= 0.3 is 17.9 Å². The Morgan fingerprint density at radius 1 is 0.276 bits per heavy atom. The van der Waals surface area contributed by atoms with Gasteiger partial charge in [0.2, 0.25) is 0 Å². The van der Waals surface area contributed by atoms with Gasteiger partial charge in [-0.1, -0.05) is 153 Å². The van der Waals surface area contributed by atoms with E-state index in [4.69, 9.17) is 14.2 Å². The van der Waals surface area contributed by atoms with E-state index in [0.717, 1.165) is 83.5 Å². The number of esters is 3. The highest BCUT2D eigenvalue weighted by atomic mass is 32.2. The lowest BCUT2D eigenvalue weighted by Crippen LogP contribution is -2.39. The zero-order valence-electron chi connectivity index (χ0n) is 57.6. The molecule has 0 saturated carbocycles.